The molecule has 3 N–H and O–H groups in total. The summed E-state index contributed by atoms with van der Waals surface area (Å²) in [6.07, 6.45) is 1.43. The lowest BCUT2D eigenvalue weighted by molar-refractivity contribution is -0.119. The van der Waals surface area contributed by atoms with Gasteiger partial charge in [0.05, 0.1) is 6.04 Å². The number of nitrogens with one attached hydrogen (secondary N) is 1. The fourth-order valence-electron chi connectivity index (χ4n) is 1.69. The standard InChI is InChI=1S/C10H11BrN2O/c11-6-1-2-8(12)7(5-6)9-3-4-10(14)13-9/h1-2,5,9H,3-4,12H2,(H,13,14)/t9-/m0/s1. The maximum absolute atomic E-state index is 11.1. The van der Waals surface area contributed by atoms with E-state index >= 15 is 0 Å². The van der Waals surface area contributed by atoms with Crippen LogP contribution in [0, 0.1) is 0 Å². The molecule has 0 bridgehead atoms. The van der Waals surface area contributed by atoms with Crippen molar-refractivity contribution in [2.24, 2.45) is 0 Å². The number of anilines is 1. The first kappa shape index (κ1) is 9.52. The molecule has 1 aromatic rings. The Bertz CT molecular complexity index is 378. The van der Waals surface area contributed by atoms with Gasteiger partial charge in [-0.3, -0.25) is 4.79 Å². The number of nitrogen functional groups attached to an aromatic ring is 1. The van der Waals surface area contributed by atoms with Gasteiger partial charge in [0.2, 0.25) is 5.91 Å². The summed E-state index contributed by atoms with van der Waals surface area (Å²) < 4.78 is 0.989. The van der Waals surface area contributed by atoms with E-state index in [2.05, 4.69) is 21.2 Å². The first-order chi connectivity index (χ1) is 6.66. The van der Waals surface area contributed by atoms with Gasteiger partial charge in [-0.2, -0.15) is 0 Å². The van der Waals surface area contributed by atoms with Gasteiger partial charge in [0.25, 0.3) is 0 Å². The lowest BCUT2D eigenvalue weighted by atomic mass is 10.0. The lowest BCUT2D eigenvalue weighted by Crippen LogP contribution is -2.19. The highest BCUT2D eigenvalue weighted by Crippen LogP contribution is 2.30. The van der Waals surface area contributed by atoms with Crippen molar-refractivity contribution in [2.45, 2.75) is 18.9 Å². The summed E-state index contributed by atoms with van der Waals surface area (Å²) >= 11 is 3.39. The van der Waals surface area contributed by atoms with Crippen molar-refractivity contribution < 1.29 is 4.79 Å². The summed E-state index contributed by atoms with van der Waals surface area (Å²) in [5.41, 5.74) is 7.58. The summed E-state index contributed by atoms with van der Waals surface area (Å²) in [7, 11) is 0. The third-order valence-electron chi connectivity index (χ3n) is 2.42. The first-order valence-electron chi connectivity index (χ1n) is 4.51. The molecule has 1 heterocycles. The van der Waals surface area contributed by atoms with Crippen molar-refractivity contribution in [1.29, 1.82) is 0 Å². The maximum atomic E-state index is 11.1. The molecule has 14 heavy (non-hydrogen) atoms. The maximum Gasteiger partial charge on any atom is 0.220 e. The van der Waals surface area contributed by atoms with Crippen molar-refractivity contribution in [3.63, 3.8) is 0 Å². The lowest BCUT2D eigenvalue weighted by Gasteiger charge is -2.13. The van der Waals surface area contributed by atoms with E-state index in [9.17, 15) is 4.79 Å². The number of carbonyl (C=O) groups excluding carboxylic acids is 1. The quantitative estimate of drug-likeness (QED) is 0.754. The van der Waals surface area contributed by atoms with E-state index in [1.807, 2.05) is 18.2 Å². The van der Waals surface area contributed by atoms with Crippen molar-refractivity contribution in [1.82, 2.24) is 5.32 Å². The second-order valence-corrected chi connectivity index (χ2v) is 4.35. The smallest absolute Gasteiger partial charge is 0.220 e. The second-order valence-electron chi connectivity index (χ2n) is 3.43. The minimum absolute atomic E-state index is 0.0833. The molecule has 0 unspecified atom stereocenters. The Morgan fingerprint density at radius 1 is 1.50 bits per heavy atom. The van der Waals surface area contributed by atoms with Gasteiger partial charge < -0.3 is 11.1 Å². The van der Waals surface area contributed by atoms with Gasteiger partial charge in [-0.25, -0.2) is 0 Å². The number of carbonyl (C=O) groups is 1. The van der Waals surface area contributed by atoms with Crippen molar-refractivity contribution in [3.8, 4) is 0 Å². The van der Waals surface area contributed by atoms with Gasteiger partial charge in [0.1, 0.15) is 0 Å². The van der Waals surface area contributed by atoms with Gasteiger partial charge in [-0.05, 0) is 30.2 Å². The molecule has 74 valence electrons. The number of benzene rings is 1. The summed E-state index contributed by atoms with van der Waals surface area (Å²) in [5.74, 6) is 0.106. The van der Waals surface area contributed by atoms with Crippen LogP contribution < -0.4 is 11.1 Å². The predicted octanol–water partition coefficient (Wildman–Crippen LogP) is 1.98. The Hall–Kier alpha value is -1.03. The minimum Gasteiger partial charge on any atom is -0.398 e. The molecule has 0 aromatic heterocycles. The van der Waals surface area contributed by atoms with Crippen LogP contribution in [-0.4, -0.2) is 5.91 Å². The Morgan fingerprint density at radius 2 is 2.29 bits per heavy atom. The Kier molecular flexibility index (Phi) is 2.46. The predicted molar refractivity (Wildman–Crippen MR) is 58.7 cm³/mol. The second kappa shape index (κ2) is 3.61. The summed E-state index contributed by atoms with van der Waals surface area (Å²) in [6.45, 7) is 0. The van der Waals surface area contributed by atoms with E-state index in [4.69, 9.17) is 5.73 Å². The molecule has 1 amide bonds. The number of amides is 1. The van der Waals surface area contributed by atoms with Crippen LogP contribution in [0.3, 0.4) is 0 Å². The molecular weight excluding hydrogens is 244 g/mol. The highest BCUT2D eigenvalue weighted by molar-refractivity contribution is 9.10. The molecule has 3 nitrogen and oxygen atoms in total. The molecule has 0 aliphatic carbocycles. The van der Waals surface area contributed by atoms with E-state index < -0.39 is 0 Å². The van der Waals surface area contributed by atoms with Crippen molar-refractivity contribution >= 4 is 27.5 Å². The van der Waals surface area contributed by atoms with Crippen LogP contribution in [-0.2, 0) is 4.79 Å². The number of rotatable bonds is 1. The SMILES string of the molecule is Nc1ccc(Br)cc1[C@@H]1CCC(=O)N1. The van der Waals surface area contributed by atoms with E-state index in [0.29, 0.717) is 6.42 Å². The van der Waals surface area contributed by atoms with Crippen LogP contribution in [0.4, 0.5) is 5.69 Å². The van der Waals surface area contributed by atoms with E-state index in [-0.39, 0.29) is 11.9 Å². The van der Waals surface area contributed by atoms with Crippen molar-refractivity contribution in [2.75, 3.05) is 5.73 Å². The summed E-state index contributed by atoms with van der Waals surface area (Å²) in [4.78, 5) is 11.1. The van der Waals surface area contributed by atoms with Gasteiger partial charge in [-0.1, -0.05) is 15.9 Å². The molecule has 1 fully saturated rings. The molecule has 2 rings (SSSR count). The Balaban J connectivity index is 2.31. The van der Waals surface area contributed by atoms with E-state index in [0.717, 1.165) is 22.1 Å². The largest absolute Gasteiger partial charge is 0.398 e. The van der Waals surface area contributed by atoms with Gasteiger partial charge >= 0.3 is 0 Å². The number of halogens is 1. The topological polar surface area (TPSA) is 55.1 Å². The van der Waals surface area contributed by atoms with E-state index in [1.54, 1.807) is 0 Å². The molecular formula is C10H11BrN2O. The number of hydrogen-bond donors (Lipinski definition) is 2. The van der Waals surface area contributed by atoms with Gasteiger partial charge in [0, 0.05) is 16.6 Å². The van der Waals surface area contributed by atoms with E-state index in [1.165, 1.54) is 0 Å². The molecule has 1 aromatic carbocycles. The molecule has 1 aliphatic rings. The Morgan fingerprint density at radius 3 is 2.93 bits per heavy atom. The average Bonchev–Trinajstić information content (AvgIpc) is 2.56. The first-order valence-corrected chi connectivity index (χ1v) is 5.30. The van der Waals surface area contributed by atoms with Crippen LogP contribution >= 0.6 is 15.9 Å². The van der Waals surface area contributed by atoms with Crippen LogP contribution in [0.1, 0.15) is 24.4 Å². The highest BCUT2D eigenvalue weighted by atomic mass is 79.9. The fourth-order valence-corrected chi connectivity index (χ4v) is 2.07. The Labute approximate surface area is 90.8 Å². The van der Waals surface area contributed by atoms with Crippen molar-refractivity contribution in [3.05, 3.63) is 28.2 Å². The third-order valence-corrected chi connectivity index (χ3v) is 2.91. The summed E-state index contributed by atoms with van der Waals surface area (Å²) in [6, 6.07) is 5.80. The molecule has 4 heteroatoms. The molecule has 1 atom stereocenters. The van der Waals surface area contributed by atoms with Crippen LogP contribution in [0.25, 0.3) is 0 Å². The zero-order chi connectivity index (χ0) is 10.1. The zero-order valence-corrected chi connectivity index (χ0v) is 9.17. The molecule has 0 radical (unpaired) electrons. The normalized spacial score (nSPS) is 20.9. The summed E-state index contributed by atoms with van der Waals surface area (Å²) in [5, 5.41) is 2.90. The zero-order valence-electron chi connectivity index (χ0n) is 7.59. The minimum atomic E-state index is 0.0833. The monoisotopic (exact) mass is 254 g/mol. The number of nitrogens with two attached hydrogens (primary N) is 1. The fraction of sp³-hybridized carbons (Fsp3) is 0.300. The molecule has 1 aliphatic heterocycles. The molecule has 0 saturated carbocycles. The van der Waals surface area contributed by atoms with Gasteiger partial charge in [-0.15, -0.1) is 0 Å². The molecule has 1 saturated heterocycles. The number of hydrogen-bond acceptors (Lipinski definition) is 2. The highest BCUT2D eigenvalue weighted by Gasteiger charge is 2.23. The molecule has 0 spiro atoms. The van der Waals surface area contributed by atoms with Crippen LogP contribution in [0.5, 0.6) is 0 Å². The third kappa shape index (κ3) is 1.75. The van der Waals surface area contributed by atoms with Gasteiger partial charge in [0.15, 0.2) is 0 Å². The van der Waals surface area contributed by atoms with Crippen LogP contribution in [0.15, 0.2) is 22.7 Å². The average molecular weight is 255 g/mol. The van der Waals surface area contributed by atoms with Crippen LogP contribution in [0.2, 0.25) is 0 Å².